The molecule has 1 fully saturated rings. The fraction of sp³-hybridized carbons (Fsp3) is 0.647. The Labute approximate surface area is 128 Å². The maximum Gasteiger partial charge on any atom is 0.119 e. The van der Waals surface area contributed by atoms with Gasteiger partial charge in [-0.2, -0.15) is 0 Å². The molecule has 0 amide bonds. The van der Waals surface area contributed by atoms with Crippen molar-refractivity contribution in [1.29, 1.82) is 0 Å². The minimum Gasteiger partial charge on any atom is -0.494 e. The summed E-state index contributed by atoms with van der Waals surface area (Å²) in [6.45, 7) is 5.58. The maximum absolute atomic E-state index is 6.30. The molecular formula is C17H28N2O2. The number of nitrogens with zero attached hydrogens (tertiary/aromatic N) is 1. The number of hydrogen-bond acceptors (Lipinski definition) is 4. The van der Waals surface area contributed by atoms with Crippen LogP contribution < -0.4 is 10.5 Å². The Kier molecular flexibility index (Phi) is 6.49. The van der Waals surface area contributed by atoms with Gasteiger partial charge in [0.25, 0.3) is 0 Å². The van der Waals surface area contributed by atoms with E-state index in [-0.39, 0.29) is 6.04 Å². The SMILES string of the molecule is CCCOc1ccc(C(N)CN(C)CC2CCCO2)cc1. The molecule has 0 bridgehead atoms. The van der Waals surface area contributed by atoms with Crippen molar-refractivity contribution < 1.29 is 9.47 Å². The second-order valence-electron chi connectivity index (χ2n) is 5.88. The summed E-state index contributed by atoms with van der Waals surface area (Å²) >= 11 is 0. The Morgan fingerprint density at radius 2 is 2.14 bits per heavy atom. The first-order valence-electron chi connectivity index (χ1n) is 7.97. The molecule has 4 nitrogen and oxygen atoms in total. The average Bonchev–Trinajstić information content (AvgIpc) is 2.98. The molecule has 1 aliphatic rings. The number of benzene rings is 1. The van der Waals surface area contributed by atoms with Gasteiger partial charge in [0.1, 0.15) is 5.75 Å². The molecule has 1 heterocycles. The predicted octanol–water partition coefficient (Wildman–Crippen LogP) is 2.59. The van der Waals surface area contributed by atoms with E-state index in [9.17, 15) is 0 Å². The third kappa shape index (κ3) is 5.30. The smallest absolute Gasteiger partial charge is 0.119 e. The zero-order valence-corrected chi connectivity index (χ0v) is 13.3. The van der Waals surface area contributed by atoms with E-state index in [1.165, 1.54) is 12.8 Å². The highest BCUT2D eigenvalue weighted by atomic mass is 16.5. The number of nitrogens with two attached hydrogens (primary N) is 1. The van der Waals surface area contributed by atoms with Gasteiger partial charge in [-0.05, 0) is 44.0 Å². The van der Waals surface area contributed by atoms with Gasteiger partial charge in [-0.3, -0.25) is 0 Å². The molecule has 1 aliphatic heterocycles. The van der Waals surface area contributed by atoms with Crippen LogP contribution in [0.2, 0.25) is 0 Å². The van der Waals surface area contributed by atoms with Gasteiger partial charge >= 0.3 is 0 Å². The monoisotopic (exact) mass is 292 g/mol. The molecule has 1 aromatic rings. The highest BCUT2D eigenvalue weighted by molar-refractivity contribution is 5.29. The highest BCUT2D eigenvalue weighted by Gasteiger charge is 2.18. The van der Waals surface area contributed by atoms with Crippen LogP contribution in [-0.2, 0) is 4.74 Å². The lowest BCUT2D eigenvalue weighted by molar-refractivity contribution is 0.0796. The van der Waals surface area contributed by atoms with Crippen LogP contribution in [0.25, 0.3) is 0 Å². The zero-order chi connectivity index (χ0) is 15.1. The molecule has 118 valence electrons. The Morgan fingerprint density at radius 1 is 1.38 bits per heavy atom. The van der Waals surface area contributed by atoms with Crippen LogP contribution in [-0.4, -0.2) is 44.4 Å². The molecule has 2 N–H and O–H groups in total. The zero-order valence-electron chi connectivity index (χ0n) is 13.3. The van der Waals surface area contributed by atoms with Crippen molar-refractivity contribution in [2.24, 2.45) is 5.73 Å². The number of rotatable bonds is 8. The van der Waals surface area contributed by atoms with Crippen molar-refractivity contribution in [3.8, 4) is 5.75 Å². The number of likely N-dealkylation sites (N-methyl/N-ethyl adjacent to an activating group) is 1. The van der Waals surface area contributed by atoms with Crippen molar-refractivity contribution in [2.45, 2.75) is 38.3 Å². The molecule has 21 heavy (non-hydrogen) atoms. The van der Waals surface area contributed by atoms with Gasteiger partial charge in [0, 0.05) is 25.7 Å². The minimum atomic E-state index is 0.0247. The fourth-order valence-corrected chi connectivity index (χ4v) is 2.68. The summed E-state index contributed by atoms with van der Waals surface area (Å²) in [4.78, 5) is 2.27. The molecule has 4 heteroatoms. The lowest BCUT2D eigenvalue weighted by Gasteiger charge is -2.24. The van der Waals surface area contributed by atoms with Gasteiger partial charge in [0.15, 0.2) is 0 Å². The predicted molar refractivity (Wildman–Crippen MR) is 85.6 cm³/mol. The average molecular weight is 292 g/mol. The lowest BCUT2D eigenvalue weighted by atomic mass is 10.1. The molecule has 1 aromatic carbocycles. The van der Waals surface area contributed by atoms with Crippen LogP contribution in [0.15, 0.2) is 24.3 Å². The summed E-state index contributed by atoms with van der Waals surface area (Å²) in [5.41, 5.74) is 7.45. The molecule has 1 saturated heterocycles. The molecule has 0 aliphatic carbocycles. The van der Waals surface area contributed by atoms with Gasteiger partial charge in [0.05, 0.1) is 12.7 Å². The van der Waals surface area contributed by atoms with E-state index in [1.807, 2.05) is 12.1 Å². The Bertz CT molecular complexity index is 402. The summed E-state index contributed by atoms with van der Waals surface area (Å²) in [7, 11) is 2.11. The largest absolute Gasteiger partial charge is 0.494 e. The van der Waals surface area contributed by atoms with Crippen molar-refractivity contribution in [3.63, 3.8) is 0 Å². The first kappa shape index (κ1) is 16.3. The Morgan fingerprint density at radius 3 is 2.76 bits per heavy atom. The minimum absolute atomic E-state index is 0.0247. The fourth-order valence-electron chi connectivity index (χ4n) is 2.68. The van der Waals surface area contributed by atoms with Crippen LogP contribution >= 0.6 is 0 Å². The normalized spacial score (nSPS) is 19.9. The van der Waals surface area contributed by atoms with Gasteiger partial charge < -0.3 is 20.1 Å². The van der Waals surface area contributed by atoms with Crippen LogP contribution in [0.4, 0.5) is 0 Å². The standard InChI is InChI=1S/C17H28N2O2/c1-3-10-20-15-8-6-14(7-9-15)17(18)13-19(2)12-16-5-4-11-21-16/h6-9,16-17H,3-5,10-13,18H2,1-2H3. The van der Waals surface area contributed by atoms with E-state index in [1.54, 1.807) is 0 Å². The van der Waals surface area contributed by atoms with Crippen molar-refractivity contribution in [3.05, 3.63) is 29.8 Å². The van der Waals surface area contributed by atoms with Gasteiger partial charge in [-0.25, -0.2) is 0 Å². The molecule has 2 rings (SSSR count). The van der Waals surface area contributed by atoms with Crippen LogP contribution in [0.5, 0.6) is 5.75 Å². The van der Waals surface area contributed by atoms with Crippen molar-refractivity contribution in [2.75, 3.05) is 33.4 Å². The van der Waals surface area contributed by atoms with Crippen LogP contribution in [0, 0.1) is 0 Å². The van der Waals surface area contributed by atoms with Crippen molar-refractivity contribution in [1.82, 2.24) is 4.90 Å². The maximum atomic E-state index is 6.30. The third-order valence-corrected chi connectivity index (χ3v) is 3.83. The second kappa shape index (κ2) is 8.37. The van der Waals surface area contributed by atoms with E-state index in [0.717, 1.165) is 44.0 Å². The quantitative estimate of drug-likeness (QED) is 0.800. The summed E-state index contributed by atoms with van der Waals surface area (Å²) in [5.74, 6) is 0.917. The van der Waals surface area contributed by atoms with Gasteiger partial charge in [-0.1, -0.05) is 19.1 Å². The second-order valence-corrected chi connectivity index (χ2v) is 5.88. The first-order valence-corrected chi connectivity index (χ1v) is 7.97. The topological polar surface area (TPSA) is 47.7 Å². The number of ether oxygens (including phenoxy) is 2. The van der Waals surface area contributed by atoms with E-state index in [0.29, 0.717) is 6.10 Å². The summed E-state index contributed by atoms with van der Waals surface area (Å²) < 4.78 is 11.3. The Hall–Kier alpha value is -1.10. The molecule has 0 saturated carbocycles. The van der Waals surface area contributed by atoms with Crippen LogP contribution in [0.3, 0.4) is 0 Å². The van der Waals surface area contributed by atoms with Gasteiger partial charge in [0.2, 0.25) is 0 Å². The molecule has 2 unspecified atom stereocenters. The van der Waals surface area contributed by atoms with Crippen molar-refractivity contribution >= 4 is 0 Å². The summed E-state index contributed by atoms with van der Waals surface area (Å²) in [5, 5.41) is 0. The van der Waals surface area contributed by atoms with E-state index in [4.69, 9.17) is 15.2 Å². The summed E-state index contributed by atoms with van der Waals surface area (Å²) in [6.07, 6.45) is 3.76. The van der Waals surface area contributed by atoms with Crippen LogP contribution in [0.1, 0.15) is 37.8 Å². The Balaban J connectivity index is 1.79. The molecule has 0 spiro atoms. The molecule has 0 aromatic heterocycles. The molecule has 0 radical (unpaired) electrons. The number of hydrogen-bond donors (Lipinski definition) is 1. The third-order valence-electron chi connectivity index (χ3n) is 3.83. The van der Waals surface area contributed by atoms with E-state index >= 15 is 0 Å². The molecule has 2 atom stereocenters. The van der Waals surface area contributed by atoms with E-state index in [2.05, 4.69) is 31.0 Å². The summed E-state index contributed by atoms with van der Waals surface area (Å²) in [6, 6.07) is 8.16. The lowest BCUT2D eigenvalue weighted by Crippen LogP contribution is -2.34. The van der Waals surface area contributed by atoms with Gasteiger partial charge in [-0.15, -0.1) is 0 Å². The first-order chi connectivity index (χ1) is 10.2. The molecular weight excluding hydrogens is 264 g/mol. The highest BCUT2D eigenvalue weighted by Crippen LogP contribution is 2.18. The van der Waals surface area contributed by atoms with E-state index < -0.39 is 0 Å².